The van der Waals surface area contributed by atoms with Crippen molar-refractivity contribution in [3.63, 3.8) is 0 Å². The first-order chi connectivity index (χ1) is 6.60. The fourth-order valence-corrected chi connectivity index (χ4v) is 3.04. The number of carboxylic acids is 1. The average molecular weight is 215 g/mol. The minimum Gasteiger partial charge on any atom is -0.477 e. The zero-order valence-corrected chi connectivity index (χ0v) is 8.08. The third-order valence-electron chi connectivity index (χ3n) is 2.44. The van der Waals surface area contributed by atoms with Gasteiger partial charge in [-0.3, -0.25) is 9.69 Å². The van der Waals surface area contributed by atoms with Crippen molar-refractivity contribution in [2.75, 3.05) is 6.61 Å². The van der Waals surface area contributed by atoms with Crippen molar-refractivity contribution in [2.45, 2.75) is 17.7 Å². The van der Waals surface area contributed by atoms with Crippen LogP contribution >= 0.6 is 11.8 Å². The first kappa shape index (κ1) is 9.54. The second-order valence-corrected chi connectivity index (χ2v) is 4.48. The molecule has 1 atom stereocenters. The lowest BCUT2D eigenvalue weighted by molar-refractivity contribution is -0.151. The molecule has 2 N–H and O–H groups in total. The van der Waals surface area contributed by atoms with Gasteiger partial charge >= 0.3 is 5.97 Å². The van der Waals surface area contributed by atoms with Gasteiger partial charge in [-0.25, -0.2) is 4.79 Å². The van der Waals surface area contributed by atoms with Crippen LogP contribution in [-0.2, 0) is 9.59 Å². The van der Waals surface area contributed by atoms with Gasteiger partial charge < -0.3 is 10.2 Å². The fourth-order valence-electron chi connectivity index (χ4n) is 1.78. The van der Waals surface area contributed by atoms with Crippen LogP contribution in [0.1, 0.15) is 12.8 Å². The molecule has 0 bridgehead atoms. The Labute approximate surface area is 84.4 Å². The third kappa shape index (κ3) is 1.07. The standard InChI is InChI=1S/C8H9NO4S/c10-2-1-8-3-6(11)9(8)5(4-14-8)7(12)13/h4,10H,1-3H2,(H,12,13). The molecule has 2 heterocycles. The number of β-lactam (4-membered cyclic amide) rings is 1. The average Bonchev–Trinajstić information content (AvgIpc) is 2.39. The second-order valence-electron chi connectivity index (χ2n) is 3.25. The monoisotopic (exact) mass is 215 g/mol. The summed E-state index contributed by atoms with van der Waals surface area (Å²) in [6, 6.07) is 0. The topological polar surface area (TPSA) is 77.8 Å². The molecule has 0 aromatic heterocycles. The predicted octanol–water partition coefficient (Wildman–Crippen LogP) is -0.0298. The van der Waals surface area contributed by atoms with Crippen LogP contribution in [0.25, 0.3) is 0 Å². The van der Waals surface area contributed by atoms with E-state index < -0.39 is 10.8 Å². The Kier molecular flexibility index (Phi) is 2.04. The fraction of sp³-hybridized carbons (Fsp3) is 0.500. The highest BCUT2D eigenvalue weighted by Gasteiger charge is 2.56. The third-order valence-corrected chi connectivity index (χ3v) is 3.75. The van der Waals surface area contributed by atoms with Gasteiger partial charge in [0.2, 0.25) is 5.91 Å². The van der Waals surface area contributed by atoms with Crippen molar-refractivity contribution in [1.82, 2.24) is 4.90 Å². The van der Waals surface area contributed by atoms with Gasteiger partial charge in [0.15, 0.2) is 0 Å². The molecule has 14 heavy (non-hydrogen) atoms. The van der Waals surface area contributed by atoms with Crippen molar-refractivity contribution in [2.24, 2.45) is 0 Å². The van der Waals surface area contributed by atoms with E-state index in [9.17, 15) is 9.59 Å². The van der Waals surface area contributed by atoms with Gasteiger partial charge in [-0.2, -0.15) is 0 Å². The van der Waals surface area contributed by atoms with Crippen LogP contribution in [0.3, 0.4) is 0 Å². The lowest BCUT2D eigenvalue weighted by Crippen LogP contribution is -2.59. The first-order valence-corrected chi connectivity index (χ1v) is 5.04. The Morgan fingerprint density at radius 1 is 1.71 bits per heavy atom. The van der Waals surface area contributed by atoms with Crippen LogP contribution in [0, 0.1) is 0 Å². The van der Waals surface area contributed by atoms with E-state index in [1.807, 2.05) is 0 Å². The summed E-state index contributed by atoms with van der Waals surface area (Å²) >= 11 is 1.31. The largest absolute Gasteiger partial charge is 0.477 e. The summed E-state index contributed by atoms with van der Waals surface area (Å²) < 4.78 is 0. The lowest BCUT2D eigenvalue weighted by Gasteiger charge is -2.46. The van der Waals surface area contributed by atoms with Gasteiger partial charge in [0.05, 0.1) is 6.42 Å². The summed E-state index contributed by atoms with van der Waals surface area (Å²) in [6.07, 6.45) is 0.724. The van der Waals surface area contributed by atoms with E-state index in [-0.39, 0.29) is 18.2 Å². The van der Waals surface area contributed by atoms with E-state index in [2.05, 4.69) is 0 Å². The van der Waals surface area contributed by atoms with Crippen LogP contribution in [0.15, 0.2) is 11.1 Å². The molecular weight excluding hydrogens is 206 g/mol. The van der Waals surface area contributed by atoms with E-state index >= 15 is 0 Å². The molecule has 2 aliphatic heterocycles. The normalized spacial score (nSPS) is 29.6. The molecule has 5 nitrogen and oxygen atoms in total. The quantitative estimate of drug-likeness (QED) is 0.646. The number of carbonyl (C=O) groups excluding carboxylic acids is 1. The number of rotatable bonds is 3. The molecule has 0 aromatic carbocycles. The molecule has 6 heteroatoms. The summed E-state index contributed by atoms with van der Waals surface area (Å²) in [5.74, 6) is -1.28. The Morgan fingerprint density at radius 3 is 2.93 bits per heavy atom. The van der Waals surface area contributed by atoms with Gasteiger partial charge in [-0.05, 0) is 0 Å². The molecule has 1 fully saturated rings. The van der Waals surface area contributed by atoms with E-state index in [1.165, 1.54) is 22.1 Å². The lowest BCUT2D eigenvalue weighted by atomic mass is 9.97. The van der Waals surface area contributed by atoms with E-state index in [1.54, 1.807) is 0 Å². The number of fused-ring (bicyclic) bond motifs is 1. The number of aliphatic hydroxyl groups excluding tert-OH is 1. The van der Waals surface area contributed by atoms with Gasteiger partial charge in [-0.1, -0.05) is 0 Å². The number of nitrogens with zero attached hydrogens (tertiary/aromatic N) is 1. The highest BCUT2D eigenvalue weighted by Crippen LogP contribution is 2.52. The van der Waals surface area contributed by atoms with Gasteiger partial charge in [-0.15, -0.1) is 11.8 Å². The Morgan fingerprint density at radius 2 is 2.43 bits per heavy atom. The number of carbonyl (C=O) groups is 2. The molecule has 0 radical (unpaired) electrons. The van der Waals surface area contributed by atoms with Crippen molar-refractivity contribution < 1.29 is 19.8 Å². The van der Waals surface area contributed by atoms with Crippen molar-refractivity contribution in [1.29, 1.82) is 0 Å². The molecule has 0 spiro atoms. The van der Waals surface area contributed by atoms with Crippen LogP contribution in [0.2, 0.25) is 0 Å². The van der Waals surface area contributed by atoms with Crippen LogP contribution in [-0.4, -0.2) is 38.5 Å². The molecule has 0 saturated carbocycles. The number of carboxylic acid groups (broad SMARTS) is 1. The van der Waals surface area contributed by atoms with Crippen molar-refractivity contribution in [3.05, 3.63) is 11.1 Å². The molecule has 1 unspecified atom stereocenters. The van der Waals surface area contributed by atoms with Crippen LogP contribution in [0.5, 0.6) is 0 Å². The summed E-state index contributed by atoms with van der Waals surface area (Å²) in [5, 5.41) is 19.1. The maximum Gasteiger partial charge on any atom is 0.353 e. The Bertz CT molecular complexity index is 340. The number of aliphatic carboxylic acids is 1. The summed E-state index contributed by atoms with van der Waals surface area (Å²) in [7, 11) is 0. The number of aliphatic hydroxyl groups is 1. The highest BCUT2D eigenvalue weighted by atomic mass is 32.2. The second kappa shape index (κ2) is 2.99. The molecule has 0 aliphatic carbocycles. The minimum atomic E-state index is -1.09. The maximum atomic E-state index is 11.2. The SMILES string of the molecule is O=C(O)C1=CSC2(CCO)CC(=O)N12. The molecule has 0 aromatic rings. The number of thioether (sulfide) groups is 1. The summed E-state index contributed by atoms with van der Waals surface area (Å²) in [4.78, 5) is 22.7. The minimum absolute atomic E-state index is 0.0275. The zero-order valence-electron chi connectivity index (χ0n) is 7.27. The molecule has 1 saturated heterocycles. The van der Waals surface area contributed by atoms with E-state index in [0.29, 0.717) is 12.8 Å². The number of hydrogen-bond acceptors (Lipinski definition) is 4. The van der Waals surface area contributed by atoms with Crippen molar-refractivity contribution in [3.8, 4) is 0 Å². The van der Waals surface area contributed by atoms with Gasteiger partial charge in [0, 0.05) is 18.4 Å². The molecule has 76 valence electrons. The maximum absolute atomic E-state index is 11.2. The Hall–Kier alpha value is -1.01. The first-order valence-electron chi connectivity index (χ1n) is 4.16. The molecular formula is C8H9NO4S. The smallest absolute Gasteiger partial charge is 0.353 e. The van der Waals surface area contributed by atoms with Gasteiger partial charge in [0.1, 0.15) is 10.6 Å². The predicted molar refractivity (Wildman–Crippen MR) is 49.2 cm³/mol. The molecule has 2 rings (SSSR count). The number of hydrogen-bond donors (Lipinski definition) is 2. The van der Waals surface area contributed by atoms with E-state index in [0.717, 1.165) is 0 Å². The Balaban J connectivity index is 2.22. The van der Waals surface area contributed by atoms with Crippen LogP contribution < -0.4 is 0 Å². The summed E-state index contributed by atoms with van der Waals surface area (Å²) in [6.45, 7) is -0.0441. The molecule has 1 amide bonds. The number of amides is 1. The van der Waals surface area contributed by atoms with Crippen LogP contribution in [0.4, 0.5) is 0 Å². The summed E-state index contributed by atoms with van der Waals surface area (Å²) in [5.41, 5.74) is 0.0275. The highest BCUT2D eigenvalue weighted by molar-refractivity contribution is 8.03. The van der Waals surface area contributed by atoms with Crippen molar-refractivity contribution >= 4 is 23.6 Å². The van der Waals surface area contributed by atoms with E-state index in [4.69, 9.17) is 10.2 Å². The zero-order chi connectivity index (χ0) is 10.3. The molecule has 2 aliphatic rings. The van der Waals surface area contributed by atoms with Gasteiger partial charge in [0.25, 0.3) is 0 Å².